The third-order valence-corrected chi connectivity index (χ3v) is 6.88. The van der Waals surface area contributed by atoms with Crippen LogP contribution in [-0.4, -0.2) is 24.7 Å². The van der Waals surface area contributed by atoms with Gasteiger partial charge in [-0.05, 0) is 19.4 Å². The summed E-state index contributed by atoms with van der Waals surface area (Å²) in [5.41, 5.74) is 3.73. The summed E-state index contributed by atoms with van der Waals surface area (Å²) in [6.07, 6.45) is 0.460. The third-order valence-electron chi connectivity index (χ3n) is 4.62. The molecule has 3 rings (SSSR count). The molecule has 0 heterocycles. The lowest BCUT2D eigenvalue weighted by atomic mass is 10.0. The summed E-state index contributed by atoms with van der Waals surface area (Å²) in [6, 6.07) is 29.8. The molecule has 3 aromatic carbocycles. The molecule has 156 valence electrons. The lowest BCUT2D eigenvalue weighted by Crippen LogP contribution is -2.18. The highest BCUT2D eigenvalue weighted by molar-refractivity contribution is 7.54. The van der Waals surface area contributed by atoms with Crippen molar-refractivity contribution in [2.24, 2.45) is 4.99 Å². The van der Waals surface area contributed by atoms with Crippen molar-refractivity contribution < 1.29 is 13.6 Å². The molecule has 0 radical (unpaired) electrons. The predicted molar refractivity (Wildman–Crippen MR) is 123 cm³/mol. The Morgan fingerprint density at radius 3 is 1.63 bits per heavy atom. The zero-order valence-electron chi connectivity index (χ0n) is 17.5. The van der Waals surface area contributed by atoms with E-state index in [-0.39, 0.29) is 0 Å². The number of rotatable bonds is 10. The van der Waals surface area contributed by atoms with Crippen molar-refractivity contribution in [1.29, 1.82) is 0 Å². The van der Waals surface area contributed by atoms with Crippen LogP contribution in [0.25, 0.3) is 0 Å². The molecular formula is C25H28NO3P. The van der Waals surface area contributed by atoms with Gasteiger partial charge in [0.25, 0.3) is 0 Å². The molecule has 0 aromatic heterocycles. The van der Waals surface area contributed by atoms with Crippen molar-refractivity contribution >= 4 is 13.3 Å². The number of nitrogens with zero attached hydrogens (tertiary/aromatic N) is 1. The normalized spacial score (nSPS) is 12.3. The summed E-state index contributed by atoms with van der Waals surface area (Å²) >= 11 is 0. The van der Waals surface area contributed by atoms with E-state index in [4.69, 9.17) is 14.0 Å². The molecule has 0 N–H and O–H groups in total. The van der Waals surface area contributed by atoms with E-state index < -0.39 is 13.4 Å². The number of benzene rings is 3. The smallest absolute Gasteiger partial charge is 0.307 e. The third kappa shape index (κ3) is 5.76. The van der Waals surface area contributed by atoms with E-state index in [1.807, 2.05) is 105 Å². The Morgan fingerprint density at radius 2 is 1.20 bits per heavy atom. The van der Waals surface area contributed by atoms with Gasteiger partial charge in [0, 0.05) is 17.5 Å². The van der Waals surface area contributed by atoms with Gasteiger partial charge in [0.05, 0.1) is 18.9 Å². The average molecular weight is 421 g/mol. The van der Waals surface area contributed by atoms with Crippen LogP contribution in [0.5, 0.6) is 0 Å². The quantitative estimate of drug-likeness (QED) is 0.283. The van der Waals surface area contributed by atoms with Crippen LogP contribution in [0.2, 0.25) is 0 Å². The van der Waals surface area contributed by atoms with Gasteiger partial charge in [-0.1, -0.05) is 91.0 Å². The zero-order valence-corrected chi connectivity index (χ0v) is 18.4. The van der Waals surface area contributed by atoms with Gasteiger partial charge in [-0.2, -0.15) is 0 Å². The van der Waals surface area contributed by atoms with Crippen molar-refractivity contribution in [1.82, 2.24) is 0 Å². The van der Waals surface area contributed by atoms with Crippen LogP contribution in [0.3, 0.4) is 0 Å². The zero-order chi connectivity index (χ0) is 21.2. The molecule has 0 saturated carbocycles. The van der Waals surface area contributed by atoms with Gasteiger partial charge >= 0.3 is 7.60 Å². The number of hydrogen-bond donors (Lipinski definition) is 0. The first-order valence-electron chi connectivity index (χ1n) is 10.3. The highest BCUT2D eigenvalue weighted by atomic mass is 31.2. The second kappa shape index (κ2) is 11.0. The first-order chi connectivity index (χ1) is 14.7. The van der Waals surface area contributed by atoms with E-state index in [2.05, 4.69) is 0 Å². The van der Waals surface area contributed by atoms with Crippen molar-refractivity contribution in [2.75, 3.05) is 13.2 Å². The number of hydrogen-bond acceptors (Lipinski definition) is 4. The van der Waals surface area contributed by atoms with Crippen molar-refractivity contribution in [2.45, 2.75) is 26.1 Å². The van der Waals surface area contributed by atoms with E-state index in [9.17, 15) is 4.57 Å². The molecule has 30 heavy (non-hydrogen) atoms. The van der Waals surface area contributed by atoms with Gasteiger partial charge in [0.2, 0.25) is 0 Å². The molecule has 0 unspecified atom stereocenters. The Labute approximate surface area is 179 Å². The molecule has 0 bridgehead atoms. The Hall–Kier alpha value is -2.52. The van der Waals surface area contributed by atoms with Gasteiger partial charge in [-0.15, -0.1) is 0 Å². The number of aliphatic imine (C=N–C) groups is 1. The molecule has 0 aliphatic heterocycles. The molecule has 0 spiro atoms. The average Bonchev–Trinajstić information content (AvgIpc) is 2.79. The van der Waals surface area contributed by atoms with Gasteiger partial charge in [-0.25, -0.2) is 0 Å². The minimum Gasteiger partial charge on any atom is -0.307 e. The molecule has 0 amide bonds. The van der Waals surface area contributed by atoms with Gasteiger partial charge in [0.15, 0.2) is 5.78 Å². The van der Waals surface area contributed by atoms with Gasteiger partial charge < -0.3 is 9.05 Å². The van der Waals surface area contributed by atoms with E-state index in [0.717, 1.165) is 22.4 Å². The predicted octanol–water partition coefficient (Wildman–Crippen LogP) is 6.36. The summed E-state index contributed by atoms with van der Waals surface area (Å²) in [7, 11) is -3.48. The van der Waals surface area contributed by atoms with E-state index in [1.165, 1.54) is 0 Å². The molecule has 0 aliphatic carbocycles. The second-order valence-electron chi connectivity index (χ2n) is 6.76. The fourth-order valence-corrected chi connectivity index (χ4v) is 5.11. The fraction of sp³-hybridized carbons (Fsp3) is 0.240. The molecule has 0 fully saturated rings. The highest BCUT2D eigenvalue weighted by Crippen LogP contribution is 2.54. The molecule has 5 heteroatoms. The minimum absolute atomic E-state index is 0.296. The lowest BCUT2D eigenvalue weighted by Gasteiger charge is -2.25. The van der Waals surface area contributed by atoms with Crippen LogP contribution in [-0.2, 0) is 20.0 Å². The van der Waals surface area contributed by atoms with E-state index >= 15 is 0 Å². The molecule has 1 atom stereocenters. The summed E-state index contributed by atoms with van der Waals surface area (Å²) in [4.78, 5) is 5.02. The topological polar surface area (TPSA) is 47.9 Å². The Bertz CT molecular complexity index is 924. The molecule has 3 aromatic rings. The maximum absolute atomic E-state index is 13.8. The standard InChI is InChI=1S/C25H28NO3P/c1-3-28-30(27,29-4-2)24(20-21-14-8-5-9-15-21)26-25(22-16-10-6-11-17-22)23-18-12-7-13-19-23/h5-19,24H,3-4,20H2,1-2H3/t24-/m0/s1. The summed E-state index contributed by atoms with van der Waals surface area (Å²) in [6.45, 7) is 4.24. The Balaban J connectivity index is 2.13. The van der Waals surface area contributed by atoms with E-state index in [0.29, 0.717) is 19.6 Å². The monoisotopic (exact) mass is 421 g/mol. The van der Waals surface area contributed by atoms with Crippen LogP contribution in [0.15, 0.2) is 96.0 Å². The molecule has 0 saturated heterocycles. The van der Waals surface area contributed by atoms with Crippen LogP contribution in [0.4, 0.5) is 0 Å². The van der Waals surface area contributed by atoms with Crippen molar-refractivity contribution in [3.8, 4) is 0 Å². The maximum Gasteiger partial charge on any atom is 0.355 e. The fourth-order valence-electron chi connectivity index (χ4n) is 3.28. The summed E-state index contributed by atoms with van der Waals surface area (Å²) in [5, 5.41) is 0. The second-order valence-corrected chi connectivity index (χ2v) is 8.95. The first-order valence-corrected chi connectivity index (χ1v) is 11.9. The van der Waals surface area contributed by atoms with Gasteiger partial charge in [0.1, 0.15) is 0 Å². The Morgan fingerprint density at radius 1 is 0.767 bits per heavy atom. The van der Waals surface area contributed by atoms with Crippen LogP contribution in [0, 0.1) is 0 Å². The molecule has 4 nitrogen and oxygen atoms in total. The first kappa shape index (κ1) is 22.2. The maximum atomic E-state index is 13.8. The Kier molecular flexibility index (Phi) is 8.15. The van der Waals surface area contributed by atoms with Gasteiger partial charge in [-0.3, -0.25) is 9.56 Å². The van der Waals surface area contributed by atoms with Crippen molar-refractivity contribution in [3.63, 3.8) is 0 Å². The largest absolute Gasteiger partial charge is 0.355 e. The molecular weight excluding hydrogens is 393 g/mol. The highest BCUT2D eigenvalue weighted by Gasteiger charge is 2.36. The van der Waals surface area contributed by atoms with Crippen LogP contribution in [0.1, 0.15) is 30.5 Å². The minimum atomic E-state index is -3.48. The van der Waals surface area contributed by atoms with Crippen LogP contribution < -0.4 is 0 Å². The molecule has 0 aliphatic rings. The summed E-state index contributed by atoms with van der Waals surface area (Å²) < 4.78 is 25.2. The van der Waals surface area contributed by atoms with Crippen molar-refractivity contribution in [3.05, 3.63) is 108 Å². The van der Waals surface area contributed by atoms with E-state index in [1.54, 1.807) is 0 Å². The summed E-state index contributed by atoms with van der Waals surface area (Å²) in [5.74, 6) is -0.657. The van der Waals surface area contributed by atoms with Crippen LogP contribution >= 0.6 is 7.60 Å². The SMILES string of the molecule is CCOP(=O)(OCC)[C@@H](Cc1ccccc1)N=C(c1ccccc1)c1ccccc1. The lowest BCUT2D eigenvalue weighted by molar-refractivity contribution is 0.212.